The van der Waals surface area contributed by atoms with Crippen LogP contribution in [0.25, 0.3) is 0 Å². The standard InChI is InChI=1S/C13H14BrN3O2/c1-7-3-10(17-19-7)6-16-13(18)11-4-9(14)5-12(15)8(11)2/h3-5H,6,15H2,1-2H3,(H,16,18). The Morgan fingerprint density at radius 2 is 2.16 bits per heavy atom. The Hall–Kier alpha value is -1.82. The fourth-order valence-corrected chi connectivity index (χ4v) is 2.18. The summed E-state index contributed by atoms with van der Waals surface area (Å²) < 4.78 is 5.71. The lowest BCUT2D eigenvalue weighted by Gasteiger charge is -2.09. The van der Waals surface area contributed by atoms with Crippen LogP contribution >= 0.6 is 15.9 Å². The molecule has 1 heterocycles. The maximum absolute atomic E-state index is 12.1. The van der Waals surface area contributed by atoms with E-state index in [4.69, 9.17) is 10.3 Å². The molecule has 5 nitrogen and oxygen atoms in total. The van der Waals surface area contributed by atoms with Gasteiger partial charge in [-0.05, 0) is 31.5 Å². The van der Waals surface area contributed by atoms with Crippen LogP contribution in [-0.2, 0) is 6.54 Å². The van der Waals surface area contributed by atoms with Crippen molar-refractivity contribution in [1.82, 2.24) is 10.5 Å². The third-order valence-electron chi connectivity index (χ3n) is 2.76. The van der Waals surface area contributed by atoms with Gasteiger partial charge in [-0.2, -0.15) is 0 Å². The first-order valence-corrected chi connectivity index (χ1v) is 6.52. The Morgan fingerprint density at radius 3 is 2.79 bits per heavy atom. The Balaban J connectivity index is 2.12. The van der Waals surface area contributed by atoms with E-state index < -0.39 is 0 Å². The summed E-state index contributed by atoms with van der Waals surface area (Å²) in [5, 5.41) is 6.60. The Kier molecular flexibility index (Phi) is 3.90. The van der Waals surface area contributed by atoms with E-state index in [0.717, 1.165) is 10.0 Å². The van der Waals surface area contributed by atoms with Crippen molar-refractivity contribution in [3.63, 3.8) is 0 Å². The zero-order valence-corrected chi connectivity index (χ0v) is 12.2. The molecule has 0 saturated carbocycles. The molecule has 3 N–H and O–H groups in total. The minimum absolute atomic E-state index is 0.189. The topological polar surface area (TPSA) is 81.2 Å². The average molecular weight is 324 g/mol. The van der Waals surface area contributed by atoms with Crippen LogP contribution in [0.2, 0.25) is 0 Å². The highest BCUT2D eigenvalue weighted by atomic mass is 79.9. The van der Waals surface area contributed by atoms with E-state index in [9.17, 15) is 4.79 Å². The van der Waals surface area contributed by atoms with E-state index in [0.29, 0.717) is 29.2 Å². The van der Waals surface area contributed by atoms with Gasteiger partial charge < -0.3 is 15.6 Å². The van der Waals surface area contributed by atoms with E-state index >= 15 is 0 Å². The van der Waals surface area contributed by atoms with Crippen LogP contribution in [0.15, 0.2) is 27.2 Å². The molecule has 19 heavy (non-hydrogen) atoms. The van der Waals surface area contributed by atoms with E-state index in [2.05, 4.69) is 26.4 Å². The van der Waals surface area contributed by atoms with Crippen molar-refractivity contribution in [2.24, 2.45) is 0 Å². The van der Waals surface area contributed by atoms with Crippen molar-refractivity contribution in [3.8, 4) is 0 Å². The van der Waals surface area contributed by atoms with E-state index in [1.54, 1.807) is 25.1 Å². The van der Waals surface area contributed by atoms with Crippen LogP contribution < -0.4 is 11.1 Å². The van der Waals surface area contributed by atoms with Gasteiger partial charge >= 0.3 is 0 Å². The molecule has 2 aromatic rings. The molecule has 0 bridgehead atoms. The van der Waals surface area contributed by atoms with Gasteiger partial charge in [0.1, 0.15) is 11.5 Å². The molecule has 6 heteroatoms. The molecular weight excluding hydrogens is 310 g/mol. The van der Waals surface area contributed by atoms with Crippen molar-refractivity contribution in [1.29, 1.82) is 0 Å². The number of benzene rings is 1. The van der Waals surface area contributed by atoms with Gasteiger partial charge in [-0.25, -0.2) is 0 Å². The first-order chi connectivity index (χ1) is 8.97. The molecule has 0 aliphatic rings. The molecule has 1 aromatic heterocycles. The summed E-state index contributed by atoms with van der Waals surface area (Å²) in [5.74, 6) is 0.526. The van der Waals surface area contributed by atoms with Gasteiger partial charge in [-0.15, -0.1) is 0 Å². The van der Waals surface area contributed by atoms with Crippen LogP contribution in [0.5, 0.6) is 0 Å². The van der Waals surface area contributed by atoms with Gasteiger partial charge in [0.15, 0.2) is 0 Å². The highest BCUT2D eigenvalue weighted by molar-refractivity contribution is 9.10. The number of amides is 1. The summed E-state index contributed by atoms with van der Waals surface area (Å²) in [5.41, 5.74) is 8.41. The molecule has 0 aliphatic carbocycles. The maximum Gasteiger partial charge on any atom is 0.251 e. The number of nitrogens with two attached hydrogens (primary N) is 1. The number of hydrogen-bond donors (Lipinski definition) is 2. The maximum atomic E-state index is 12.1. The third-order valence-corrected chi connectivity index (χ3v) is 3.22. The summed E-state index contributed by atoms with van der Waals surface area (Å²) in [4.78, 5) is 12.1. The molecule has 100 valence electrons. The van der Waals surface area contributed by atoms with Gasteiger partial charge in [-0.1, -0.05) is 21.1 Å². The molecule has 0 unspecified atom stereocenters. The minimum Gasteiger partial charge on any atom is -0.398 e. The van der Waals surface area contributed by atoms with Crippen molar-refractivity contribution in [2.45, 2.75) is 20.4 Å². The number of aryl methyl sites for hydroxylation is 1. The second kappa shape index (κ2) is 5.44. The number of halogens is 1. The van der Waals surface area contributed by atoms with E-state index in [1.807, 2.05) is 6.92 Å². The molecule has 0 aliphatic heterocycles. The van der Waals surface area contributed by atoms with Crippen LogP contribution in [0.4, 0.5) is 5.69 Å². The third kappa shape index (κ3) is 3.14. The first-order valence-electron chi connectivity index (χ1n) is 5.73. The highest BCUT2D eigenvalue weighted by Gasteiger charge is 2.12. The molecule has 0 atom stereocenters. The van der Waals surface area contributed by atoms with Crippen molar-refractivity contribution in [3.05, 3.63) is 45.3 Å². The summed E-state index contributed by atoms with van der Waals surface area (Å²) >= 11 is 3.33. The quantitative estimate of drug-likeness (QED) is 0.850. The van der Waals surface area contributed by atoms with Crippen molar-refractivity contribution >= 4 is 27.5 Å². The van der Waals surface area contributed by atoms with Gasteiger partial charge in [0, 0.05) is 21.8 Å². The number of nitrogens with one attached hydrogen (secondary N) is 1. The van der Waals surface area contributed by atoms with Crippen LogP contribution in [-0.4, -0.2) is 11.1 Å². The van der Waals surface area contributed by atoms with Gasteiger partial charge in [0.2, 0.25) is 0 Å². The summed E-state index contributed by atoms with van der Waals surface area (Å²) in [6.07, 6.45) is 0. The largest absolute Gasteiger partial charge is 0.398 e. The fourth-order valence-electron chi connectivity index (χ4n) is 1.70. The summed E-state index contributed by atoms with van der Waals surface area (Å²) in [7, 11) is 0. The predicted molar refractivity (Wildman–Crippen MR) is 75.7 cm³/mol. The number of nitrogen functional groups attached to an aromatic ring is 1. The molecule has 0 saturated heterocycles. The second-order valence-corrected chi connectivity index (χ2v) is 5.19. The molecule has 1 amide bonds. The number of anilines is 1. The lowest BCUT2D eigenvalue weighted by atomic mass is 10.1. The van der Waals surface area contributed by atoms with E-state index in [1.165, 1.54) is 0 Å². The number of carbonyl (C=O) groups excluding carboxylic acids is 1. The zero-order valence-electron chi connectivity index (χ0n) is 10.7. The lowest BCUT2D eigenvalue weighted by molar-refractivity contribution is 0.0949. The van der Waals surface area contributed by atoms with Crippen molar-refractivity contribution < 1.29 is 9.32 Å². The average Bonchev–Trinajstić information content (AvgIpc) is 2.76. The van der Waals surface area contributed by atoms with Crippen LogP contribution in [0, 0.1) is 13.8 Å². The molecule has 1 aromatic carbocycles. The molecule has 0 radical (unpaired) electrons. The molecular formula is C13H14BrN3O2. The Bertz CT molecular complexity index is 622. The van der Waals surface area contributed by atoms with Gasteiger partial charge in [0.25, 0.3) is 5.91 Å². The SMILES string of the molecule is Cc1cc(CNC(=O)c2cc(Br)cc(N)c2C)no1. The van der Waals surface area contributed by atoms with Crippen LogP contribution in [0.1, 0.15) is 27.4 Å². The number of hydrogen-bond acceptors (Lipinski definition) is 4. The van der Waals surface area contributed by atoms with E-state index in [-0.39, 0.29) is 5.91 Å². The normalized spacial score (nSPS) is 10.5. The molecule has 0 spiro atoms. The Labute approximate surface area is 119 Å². The first kappa shape index (κ1) is 13.6. The predicted octanol–water partition coefficient (Wildman–Crippen LogP) is 2.57. The monoisotopic (exact) mass is 323 g/mol. The number of nitrogens with zero attached hydrogens (tertiary/aromatic N) is 1. The highest BCUT2D eigenvalue weighted by Crippen LogP contribution is 2.22. The number of carbonyl (C=O) groups is 1. The fraction of sp³-hybridized carbons (Fsp3) is 0.231. The van der Waals surface area contributed by atoms with Crippen LogP contribution in [0.3, 0.4) is 0 Å². The lowest BCUT2D eigenvalue weighted by Crippen LogP contribution is -2.24. The van der Waals surface area contributed by atoms with Gasteiger partial charge in [0.05, 0.1) is 6.54 Å². The van der Waals surface area contributed by atoms with Crippen molar-refractivity contribution in [2.75, 3.05) is 5.73 Å². The Morgan fingerprint density at radius 1 is 1.42 bits per heavy atom. The summed E-state index contributed by atoms with van der Waals surface area (Å²) in [6, 6.07) is 5.30. The summed E-state index contributed by atoms with van der Waals surface area (Å²) in [6.45, 7) is 3.94. The van der Waals surface area contributed by atoms with Gasteiger partial charge in [-0.3, -0.25) is 4.79 Å². The number of aromatic nitrogens is 1. The molecule has 2 rings (SSSR count). The smallest absolute Gasteiger partial charge is 0.251 e. The number of rotatable bonds is 3. The second-order valence-electron chi connectivity index (χ2n) is 4.28. The zero-order chi connectivity index (χ0) is 14.0. The minimum atomic E-state index is -0.189. The molecule has 0 fully saturated rings.